The zero-order valence-electron chi connectivity index (χ0n) is 11.6. The maximum absolute atomic E-state index is 5.73. The molecule has 0 saturated carbocycles. The van der Waals surface area contributed by atoms with E-state index in [-0.39, 0.29) is 5.41 Å². The average molecular weight is 267 g/mol. The second kappa shape index (κ2) is 4.72. The van der Waals surface area contributed by atoms with Crippen molar-refractivity contribution in [1.29, 1.82) is 0 Å². The molecule has 2 N–H and O–H groups in total. The lowest BCUT2D eigenvalue weighted by Gasteiger charge is -2.15. The van der Waals surface area contributed by atoms with Gasteiger partial charge in [-0.15, -0.1) is 0 Å². The maximum Gasteiger partial charge on any atom is 0.233 e. The van der Waals surface area contributed by atoms with E-state index in [2.05, 4.69) is 34.4 Å². The van der Waals surface area contributed by atoms with Gasteiger partial charge < -0.3 is 10.3 Å². The highest BCUT2D eigenvalue weighted by molar-refractivity contribution is 5.86. The number of hydrogen-bond donors (Lipinski definition) is 1. The lowest BCUT2D eigenvalue weighted by atomic mass is 9.94. The van der Waals surface area contributed by atoms with Crippen molar-refractivity contribution in [2.75, 3.05) is 6.54 Å². The number of aromatic nitrogens is 2. The van der Waals surface area contributed by atoms with Crippen LogP contribution in [0.5, 0.6) is 0 Å². The van der Waals surface area contributed by atoms with Crippen LogP contribution in [-0.2, 0) is 5.41 Å². The lowest BCUT2D eigenvalue weighted by Crippen LogP contribution is -2.28. The fraction of sp³-hybridized carbons (Fsp3) is 0.250. The number of benzene rings is 2. The van der Waals surface area contributed by atoms with E-state index < -0.39 is 0 Å². The fourth-order valence-corrected chi connectivity index (χ4v) is 2.03. The summed E-state index contributed by atoms with van der Waals surface area (Å²) >= 11 is 0. The van der Waals surface area contributed by atoms with Gasteiger partial charge in [0.05, 0.1) is 5.41 Å². The number of rotatable bonds is 3. The Morgan fingerprint density at radius 1 is 1.10 bits per heavy atom. The topological polar surface area (TPSA) is 64.9 Å². The minimum Gasteiger partial charge on any atom is -0.338 e. The lowest BCUT2D eigenvalue weighted by molar-refractivity contribution is 0.311. The third-order valence-corrected chi connectivity index (χ3v) is 3.52. The van der Waals surface area contributed by atoms with Gasteiger partial charge in [0.1, 0.15) is 0 Å². The van der Waals surface area contributed by atoms with E-state index in [0.717, 1.165) is 10.9 Å². The van der Waals surface area contributed by atoms with E-state index in [4.69, 9.17) is 10.3 Å². The van der Waals surface area contributed by atoms with Gasteiger partial charge in [-0.2, -0.15) is 4.98 Å². The summed E-state index contributed by atoms with van der Waals surface area (Å²) in [6.45, 7) is 4.45. The van der Waals surface area contributed by atoms with Crippen LogP contribution in [0.3, 0.4) is 0 Å². The first-order valence-corrected chi connectivity index (χ1v) is 6.63. The molecule has 3 rings (SSSR count). The fourth-order valence-electron chi connectivity index (χ4n) is 2.03. The predicted molar refractivity (Wildman–Crippen MR) is 79.3 cm³/mol. The molecule has 0 saturated heterocycles. The van der Waals surface area contributed by atoms with Crippen molar-refractivity contribution < 1.29 is 4.52 Å². The van der Waals surface area contributed by atoms with Crippen LogP contribution in [0.25, 0.3) is 22.2 Å². The van der Waals surface area contributed by atoms with Gasteiger partial charge >= 0.3 is 0 Å². The van der Waals surface area contributed by atoms with Crippen molar-refractivity contribution in [1.82, 2.24) is 10.1 Å². The molecule has 20 heavy (non-hydrogen) atoms. The van der Waals surface area contributed by atoms with Crippen LogP contribution in [0, 0.1) is 0 Å². The summed E-state index contributed by atoms with van der Waals surface area (Å²) < 4.78 is 5.35. The highest BCUT2D eigenvalue weighted by Gasteiger charge is 2.26. The smallest absolute Gasteiger partial charge is 0.233 e. The summed E-state index contributed by atoms with van der Waals surface area (Å²) in [4.78, 5) is 4.47. The molecule has 4 nitrogen and oxygen atoms in total. The van der Waals surface area contributed by atoms with E-state index in [1.54, 1.807) is 0 Å². The molecule has 0 atom stereocenters. The minimum atomic E-state index is -0.303. The zero-order valence-corrected chi connectivity index (χ0v) is 11.6. The summed E-state index contributed by atoms with van der Waals surface area (Å²) in [5, 5.41) is 6.42. The molecule has 0 bridgehead atoms. The first-order valence-electron chi connectivity index (χ1n) is 6.63. The second-order valence-electron chi connectivity index (χ2n) is 5.57. The van der Waals surface area contributed by atoms with Crippen LogP contribution in [-0.4, -0.2) is 16.7 Å². The number of fused-ring (bicyclic) bond motifs is 1. The van der Waals surface area contributed by atoms with Gasteiger partial charge in [-0.1, -0.05) is 41.6 Å². The third kappa shape index (κ3) is 2.18. The van der Waals surface area contributed by atoms with Crippen molar-refractivity contribution in [3.8, 4) is 11.4 Å². The molecule has 0 spiro atoms. The minimum absolute atomic E-state index is 0.303. The summed E-state index contributed by atoms with van der Waals surface area (Å²) in [6, 6.07) is 14.3. The molecular formula is C16H17N3O. The average Bonchev–Trinajstić information content (AvgIpc) is 2.97. The molecule has 0 aliphatic rings. The van der Waals surface area contributed by atoms with Crippen LogP contribution < -0.4 is 5.73 Å². The predicted octanol–water partition coefficient (Wildman–Crippen LogP) is 3.13. The van der Waals surface area contributed by atoms with Crippen molar-refractivity contribution in [2.45, 2.75) is 19.3 Å². The summed E-state index contributed by atoms with van der Waals surface area (Å²) in [5.74, 6) is 1.18. The zero-order chi connectivity index (χ0) is 14.2. The van der Waals surface area contributed by atoms with Gasteiger partial charge in [0, 0.05) is 12.1 Å². The second-order valence-corrected chi connectivity index (χ2v) is 5.57. The van der Waals surface area contributed by atoms with Crippen LogP contribution in [0.2, 0.25) is 0 Å². The van der Waals surface area contributed by atoms with E-state index in [9.17, 15) is 0 Å². The van der Waals surface area contributed by atoms with Gasteiger partial charge in [0.15, 0.2) is 0 Å². The normalized spacial score (nSPS) is 11.9. The molecule has 4 heteroatoms. The Kier molecular flexibility index (Phi) is 3.03. The van der Waals surface area contributed by atoms with Gasteiger partial charge in [0.25, 0.3) is 0 Å². The Morgan fingerprint density at radius 3 is 2.60 bits per heavy atom. The largest absolute Gasteiger partial charge is 0.338 e. The molecule has 3 aromatic rings. The molecule has 1 heterocycles. The van der Waals surface area contributed by atoms with E-state index in [0.29, 0.717) is 18.3 Å². The molecule has 2 aromatic carbocycles. The van der Waals surface area contributed by atoms with Crippen LogP contribution in [0.1, 0.15) is 19.7 Å². The van der Waals surface area contributed by atoms with Crippen molar-refractivity contribution in [3.05, 3.63) is 48.4 Å². The van der Waals surface area contributed by atoms with E-state index in [1.165, 1.54) is 5.39 Å². The number of hydrogen-bond acceptors (Lipinski definition) is 4. The molecule has 0 aliphatic carbocycles. The Morgan fingerprint density at radius 2 is 1.85 bits per heavy atom. The molecule has 0 unspecified atom stereocenters. The Hall–Kier alpha value is -2.20. The summed E-state index contributed by atoms with van der Waals surface area (Å²) in [7, 11) is 0. The third-order valence-electron chi connectivity index (χ3n) is 3.52. The quantitative estimate of drug-likeness (QED) is 0.791. The molecule has 0 aliphatic heterocycles. The van der Waals surface area contributed by atoms with E-state index in [1.807, 2.05) is 32.0 Å². The van der Waals surface area contributed by atoms with Crippen molar-refractivity contribution in [3.63, 3.8) is 0 Å². The molecule has 0 amide bonds. The van der Waals surface area contributed by atoms with Crippen LogP contribution in [0.15, 0.2) is 47.0 Å². The van der Waals surface area contributed by atoms with E-state index >= 15 is 0 Å². The Balaban J connectivity index is 2.03. The van der Waals surface area contributed by atoms with Crippen molar-refractivity contribution in [2.24, 2.45) is 5.73 Å². The van der Waals surface area contributed by atoms with Gasteiger partial charge in [-0.3, -0.25) is 0 Å². The molecule has 0 radical (unpaired) electrons. The van der Waals surface area contributed by atoms with Gasteiger partial charge in [-0.05, 0) is 30.7 Å². The monoisotopic (exact) mass is 267 g/mol. The van der Waals surface area contributed by atoms with Crippen molar-refractivity contribution >= 4 is 10.8 Å². The standard InChI is InChI=1S/C16H17N3O/c1-16(2,10-17)15-18-14(19-20-15)13-8-7-11-5-3-4-6-12(11)9-13/h3-9H,10,17H2,1-2H3. The summed E-state index contributed by atoms with van der Waals surface area (Å²) in [5.41, 5.74) is 6.38. The molecular weight excluding hydrogens is 250 g/mol. The van der Waals surface area contributed by atoms with Gasteiger partial charge in [0.2, 0.25) is 11.7 Å². The number of nitrogens with two attached hydrogens (primary N) is 1. The van der Waals surface area contributed by atoms with Crippen LogP contribution >= 0.6 is 0 Å². The first kappa shape index (κ1) is 12.8. The Bertz CT molecular complexity index is 746. The van der Waals surface area contributed by atoms with Gasteiger partial charge in [-0.25, -0.2) is 0 Å². The van der Waals surface area contributed by atoms with Crippen LogP contribution in [0.4, 0.5) is 0 Å². The molecule has 102 valence electrons. The first-order chi connectivity index (χ1) is 9.60. The maximum atomic E-state index is 5.73. The highest BCUT2D eigenvalue weighted by Crippen LogP contribution is 2.25. The SMILES string of the molecule is CC(C)(CN)c1nc(-c2ccc3ccccc3c2)no1. The Labute approximate surface area is 117 Å². The molecule has 0 fully saturated rings. The molecule has 1 aromatic heterocycles. The summed E-state index contributed by atoms with van der Waals surface area (Å²) in [6.07, 6.45) is 0. The number of nitrogens with zero attached hydrogens (tertiary/aromatic N) is 2. The highest BCUT2D eigenvalue weighted by atomic mass is 16.5.